The number of hydrogen-bond acceptors (Lipinski definition) is 9. The van der Waals surface area contributed by atoms with Gasteiger partial charge < -0.3 is 9.47 Å². The Morgan fingerprint density at radius 3 is 1.61 bits per heavy atom. The van der Waals surface area contributed by atoms with Gasteiger partial charge in [0.2, 0.25) is 0 Å². The number of hydrazine groups is 1. The Balaban J connectivity index is 2.15. The number of nitrogens with zero attached hydrogens (tertiary/aromatic N) is 4. The van der Waals surface area contributed by atoms with Crippen molar-refractivity contribution in [3.63, 3.8) is 0 Å². The lowest BCUT2D eigenvalue weighted by molar-refractivity contribution is -0.156. The summed E-state index contributed by atoms with van der Waals surface area (Å²) in [6.07, 6.45) is 0. The van der Waals surface area contributed by atoms with Crippen LogP contribution in [0, 0.1) is 34.5 Å². The summed E-state index contributed by atoms with van der Waals surface area (Å²) >= 11 is 0. The van der Waals surface area contributed by atoms with Gasteiger partial charge in [0.05, 0.1) is 37.5 Å². The second-order valence-electron chi connectivity index (χ2n) is 6.09. The Morgan fingerprint density at radius 2 is 1.29 bits per heavy atom. The molecule has 2 amide bonds. The molecule has 4 atom stereocenters. The summed E-state index contributed by atoms with van der Waals surface area (Å²) in [5, 5.41) is 20.9. The van der Waals surface area contributed by atoms with Crippen LogP contribution in [0.5, 0.6) is 0 Å². The lowest BCUT2D eigenvalue weighted by Gasteiger charge is -2.31. The van der Waals surface area contributed by atoms with Gasteiger partial charge in [0.1, 0.15) is 23.9 Å². The maximum Gasteiger partial charge on any atom is 0.312 e. The van der Waals surface area contributed by atoms with Crippen LogP contribution in [0.25, 0.3) is 0 Å². The lowest BCUT2D eigenvalue weighted by atomic mass is 9.87. The minimum atomic E-state index is -1.47. The molecule has 0 bridgehead atoms. The van der Waals surface area contributed by atoms with Crippen LogP contribution in [0.1, 0.15) is 20.7 Å². The van der Waals surface area contributed by atoms with Crippen molar-refractivity contribution >= 4 is 23.8 Å². The van der Waals surface area contributed by atoms with Crippen LogP contribution in [-0.2, 0) is 19.1 Å². The molecular formula is C18H14N4O6. The molecule has 0 aromatic heterocycles. The molecule has 10 heteroatoms. The number of ether oxygens (including phenoxy) is 2. The Kier molecular flexibility index (Phi) is 4.82. The van der Waals surface area contributed by atoms with Gasteiger partial charge in [-0.05, 0) is 12.1 Å². The van der Waals surface area contributed by atoms with Gasteiger partial charge in [0.25, 0.3) is 11.8 Å². The van der Waals surface area contributed by atoms with E-state index in [0.717, 1.165) is 19.2 Å². The van der Waals surface area contributed by atoms with Crippen molar-refractivity contribution in [2.24, 2.45) is 11.8 Å². The third-order valence-electron chi connectivity index (χ3n) is 4.85. The number of esters is 2. The predicted octanol–water partition coefficient (Wildman–Crippen LogP) is -0.124. The Labute approximate surface area is 159 Å². The molecule has 1 aromatic rings. The number of nitriles is 2. The van der Waals surface area contributed by atoms with E-state index in [4.69, 9.17) is 0 Å². The molecule has 2 aliphatic heterocycles. The average molecular weight is 382 g/mol. The van der Waals surface area contributed by atoms with Crippen LogP contribution in [0.4, 0.5) is 0 Å². The van der Waals surface area contributed by atoms with Crippen LogP contribution < -0.4 is 0 Å². The lowest BCUT2D eigenvalue weighted by Crippen LogP contribution is -2.53. The number of fused-ring (bicyclic) bond motifs is 1. The zero-order chi connectivity index (χ0) is 20.6. The summed E-state index contributed by atoms with van der Waals surface area (Å²) in [6.45, 7) is 0. The van der Waals surface area contributed by atoms with E-state index in [1.54, 1.807) is 12.1 Å². The molecule has 2 heterocycles. The first-order valence-electron chi connectivity index (χ1n) is 8.13. The van der Waals surface area contributed by atoms with Gasteiger partial charge in [-0.25, -0.2) is 0 Å². The minimum Gasteiger partial charge on any atom is -0.469 e. The van der Waals surface area contributed by atoms with Gasteiger partial charge >= 0.3 is 11.9 Å². The van der Waals surface area contributed by atoms with Crippen molar-refractivity contribution in [2.75, 3.05) is 14.2 Å². The molecular weight excluding hydrogens is 368 g/mol. The van der Waals surface area contributed by atoms with E-state index in [2.05, 4.69) is 9.47 Å². The van der Waals surface area contributed by atoms with E-state index < -0.39 is 47.7 Å². The van der Waals surface area contributed by atoms with Gasteiger partial charge in [-0.1, -0.05) is 12.1 Å². The van der Waals surface area contributed by atoms with Gasteiger partial charge in [0.15, 0.2) is 0 Å². The van der Waals surface area contributed by atoms with Crippen molar-refractivity contribution in [1.29, 1.82) is 10.5 Å². The molecule has 0 saturated carbocycles. The fourth-order valence-electron chi connectivity index (χ4n) is 3.63. The third kappa shape index (κ3) is 2.51. The van der Waals surface area contributed by atoms with Crippen LogP contribution >= 0.6 is 0 Å². The monoisotopic (exact) mass is 382 g/mol. The zero-order valence-electron chi connectivity index (χ0n) is 14.9. The standard InChI is InChI=1S/C18H14N4O6/c1-27-17(25)13-11(7-19)21(12(8-20)14(13)18(26)28-2)22-15(23)9-5-3-4-6-10(9)16(22)24/h3-6,11-14H,1-2H3/t11-,12+,13-,14-/m0/s1. The highest BCUT2D eigenvalue weighted by Crippen LogP contribution is 2.40. The largest absolute Gasteiger partial charge is 0.469 e. The minimum absolute atomic E-state index is 0.0945. The second-order valence-corrected chi connectivity index (χ2v) is 6.09. The van der Waals surface area contributed by atoms with Crippen LogP contribution in [0.15, 0.2) is 24.3 Å². The molecule has 142 valence electrons. The number of carbonyl (C=O) groups is 4. The zero-order valence-corrected chi connectivity index (χ0v) is 14.9. The van der Waals surface area contributed by atoms with Crippen molar-refractivity contribution in [1.82, 2.24) is 10.0 Å². The van der Waals surface area contributed by atoms with E-state index in [1.807, 2.05) is 12.1 Å². The summed E-state index contributed by atoms with van der Waals surface area (Å²) in [5.74, 6) is -6.21. The van der Waals surface area contributed by atoms with E-state index in [9.17, 15) is 29.7 Å². The van der Waals surface area contributed by atoms with Gasteiger partial charge in [0, 0.05) is 0 Å². The molecule has 0 aliphatic carbocycles. The number of imide groups is 1. The molecule has 1 fully saturated rings. The number of benzene rings is 1. The quantitative estimate of drug-likeness (QED) is 0.516. The molecule has 0 unspecified atom stereocenters. The highest BCUT2D eigenvalue weighted by molar-refractivity contribution is 6.21. The summed E-state index contributed by atoms with van der Waals surface area (Å²) < 4.78 is 9.38. The van der Waals surface area contributed by atoms with Gasteiger partial charge in [-0.2, -0.15) is 20.5 Å². The molecule has 3 rings (SSSR count). The van der Waals surface area contributed by atoms with Crippen LogP contribution in [-0.4, -0.2) is 60.1 Å². The van der Waals surface area contributed by atoms with Crippen LogP contribution in [0.3, 0.4) is 0 Å². The highest BCUT2D eigenvalue weighted by Gasteiger charge is 2.61. The molecule has 1 saturated heterocycles. The van der Waals surface area contributed by atoms with E-state index in [-0.39, 0.29) is 11.1 Å². The molecule has 0 radical (unpaired) electrons. The fraction of sp³-hybridized carbons (Fsp3) is 0.333. The smallest absolute Gasteiger partial charge is 0.312 e. The number of methoxy groups -OCH3 is 2. The van der Waals surface area contributed by atoms with E-state index in [1.165, 1.54) is 12.1 Å². The number of carbonyl (C=O) groups excluding carboxylic acids is 4. The Morgan fingerprint density at radius 1 is 0.893 bits per heavy atom. The number of amides is 2. The third-order valence-corrected chi connectivity index (χ3v) is 4.85. The number of rotatable bonds is 3. The highest BCUT2D eigenvalue weighted by atomic mass is 16.5. The number of hydrogen-bond donors (Lipinski definition) is 0. The maximum atomic E-state index is 12.8. The van der Waals surface area contributed by atoms with Gasteiger partial charge in [-0.15, -0.1) is 0 Å². The SMILES string of the molecule is COC(=O)[C@@H]1[C@@H](C(=O)OC)[C@H](C#N)N(N2C(=O)c3ccccc3C2=O)[C@@H]1C#N. The summed E-state index contributed by atoms with van der Waals surface area (Å²) in [6, 6.07) is 6.70. The average Bonchev–Trinajstić information content (AvgIpc) is 3.18. The molecule has 1 aromatic carbocycles. The predicted molar refractivity (Wildman–Crippen MR) is 88.6 cm³/mol. The molecule has 0 N–H and O–H groups in total. The van der Waals surface area contributed by atoms with Crippen molar-refractivity contribution in [3.8, 4) is 12.1 Å². The topological polar surface area (TPSA) is 141 Å². The molecule has 2 aliphatic rings. The van der Waals surface area contributed by atoms with Crippen LogP contribution in [0.2, 0.25) is 0 Å². The van der Waals surface area contributed by atoms with Crippen molar-refractivity contribution in [2.45, 2.75) is 12.1 Å². The van der Waals surface area contributed by atoms with Crippen molar-refractivity contribution < 1.29 is 28.7 Å². The molecule has 28 heavy (non-hydrogen) atoms. The Hall–Kier alpha value is -3.76. The summed E-state index contributed by atoms with van der Waals surface area (Å²) in [7, 11) is 2.13. The normalized spacial score (nSPS) is 26.4. The first-order valence-corrected chi connectivity index (χ1v) is 8.13. The van der Waals surface area contributed by atoms with Crippen molar-refractivity contribution in [3.05, 3.63) is 35.4 Å². The first kappa shape index (κ1) is 19.0. The van der Waals surface area contributed by atoms with E-state index in [0.29, 0.717) is 5.01 Å². The second kappa shape index (κ2) is 7.10. The molecule has 10 nitrogen and oxygen atoms in total. The summed E-state index contributed by atoms with van der Waals surface area (Å²) in [4.78, 5) is 50.3. The van der Waals surface area contributed by atoms with E-state index >= 15 is 0 Å². The Bertz CT molecular complexity index is 887. The molecule has 0 spiro atoms. The summed E-state index contributed by atoms with van der Waals surface area (Å²) in [5.41, 5.74) is 0.189. The van der Waals surface area contributed by atoms with Gasteiger partial charge in [-0.3, -0.25) is 19.2 Å². The first-order chi connectivity index (χ1) is 13.4. The maximum absolute atomic E-state index is 12.8. The fourth-order valence-corrected chi connectivity index (χ4v) is 3.63.